The first-order valence-corrected chi connectivity index (χ1v) is 6.48. The predicted octanol–water partition coefficient (Wildman–Crippen LogP) is 3.24. The Kier molecular flexibility index (Phi) is 4.80. The fraction of sp³-hybridized carbons (Fsp3) is 0.118. The number of hydrogen-bond acceptors (Lipinski definition) is 5. The third kappa shape index (κ3) is 3.10. The van der Waals surface area contributed by atoms with Gasteiger partial charge in [0, 0.05) is 30.9 Å². The Bertz CT molecular complexity index is 799. The predicted molar refractivity (Wildman–Crippen MR) is 85.0 cm³/mol. The maximum Gasteiger partial charge on any atom is 0.197 e. The monoisotopic (exact) mass is 300 g/mol. The summed E-state index contributed by atoms with van der Waals surface area (Å²) in [5, 5.41) is 10.1. The molecule has 0 aliphatic heterocycles. The minimum Gasteiger partial charge on any atom is -0.507 e. The summed E-state index contributed by atoms with van der Waals surface area (Å²) in [5.74, 6) is 0.451. The molecule has 1 aromatic heterocycles. The Morgan fingerprint density at radius 1 is 1.36 bits per heavy atom. The molecule has 2 aromatic rings. The second kappa shape index (κ2) is 6.78. The molecule has 2 rings (SSSR count). The summed E-state index contributed by atoms with van der Waals surface area (Å²) in [5.41, 5.74) is 0.464. The molecule has 0 saturated carbocycles. The van der Waals surface area contributed by atoms with Gasteiger partial charge in [-0.15, -0.1) is 0 Å². The Balaban J connectivity index is 2.65. The first-order chi connectivity index (χ1) is 10.6. The third-order valence-corrected chi connectivity index (χ3v) is 2.93. The van der Waals surface area contributed by atoms with E-state index in [4.69, 9.17) is 13.9 Å². The van der Waals surface area contributed by atoms with E-state index in [9.17, 15) is 9.90 Å². The highest BCUT2D eigenvalue weighted by Gasteiger charge is 2.13. The van der Waals surface area contributed by atoms with Crippen molar-refractivity contribution < 1.29 is 19.0 Å². The van der Waals surface area contributed by atoms with Crippen LogP contribution in [0.2, 0.25) is 0 Å². The van der Waals surface area contributed by atoms with Gasteiger partial charge in [0.15, 0.2) is 12.2 Å². The van der Waals surface area contributed by atoms with Gasteiger partial charge >= 0.3 is 0 Å². The Labute approximate surface area is 127 Å². The summed E-state index contributed by atoms with van der Waals surface area (Å²) < 4.78 is 15.7. The molecular formula is C17H16O5. The second-order valence-electron chi connectivity index (χ2n) is 4.40. The SMILES string of the molecule is C=C/C=C(\C=C)c1cc(=O)c2c(O)cc(OCOC)cc2o1. The lowest BCUT2D eigenvalue weighted by Crippen LogP contribution is -2.03. The molecule has 0 aliphatic carbocycles. The molecule has 1 heterocycles. The molecule has 1 aromatic carbocycles. The van der Waals surface area contributed by atoms with E-state index in [-0.39, 0.29) is 28.9 Å². The Morgan fingerprint density at radius 2 is 2.14 bits per heavy atom. The van der Waals surface area contributed by atoms with Gasteiger partial charge in [0.25, 0.3) is 0 Å². The lowest BCUT2D eigenvalue weighted by atomic mass is 10.1. The molecule has 114 valence electrons. The van der Waals surface area contributed by atoms with Crippen molar-refractivity contribution in [3.8, 4) is 11.5 Å². The van der Waals surface area contributed by atoms with Crippen molar-refractivity contribution in [2.24, 2.45) is 0 Å². The van der Waals surface area contributed by atoms with E-state index in [1.54, 1.807) is 18.2 Å². The smallest absolute Gasteiger partial charge is 0.197 e. The molecule has 0 bridgehead atoms. The molecule has 0 aliphatic rings. The molecule has 5 nitrogen and oxygen atoms in total. The number of aromatic hydroxyl groups is 1. The van der Waals surface area contributed by atoms with Crippen LogP contribution in [0.1, 0.15) is 5.76 Å². The molecule has 0 unspecified atom stereocenters. The maximum absolute atomic E-state index is 12.2. The molecule has 5 heteroatoms. The summed E-state index contributed by atoms with van der Waals surface area (Å²) in [6.45, 7) is 7.29. The maximum atomic E-state index is 12.2. The summed E-state index contributed by atoms with van der Waals surface area (Å²) in [7, 11) is 1.48. The molecule has 1 N–H and O–H groups in total. The van der Waals surface area contributed by atoms with Gasteiger partial charge in [-0.1, -0.05) is 31.4 Å². The average Bonchev–Trinajstić information content (AvgIpc) is 2.49. The van der Waals surface area contributed by atoms with E-state index in [1.165, 1.54) is 25.3 Å². The van der Waals surface area contributed by atoms with E-state index in [0.717, 1.165) is 0 Å². The van der Waals surface area contributed by atoms with Crippen molar-refractivity contribution in [2.45, 2.75) is 0 Å². The highest BCUT2D eigenvalue weighted by Crippen LogP contribution is 2.30. The number of phenolic OH excluding ortho intramolecular Hbond substituents is 1. The molecule has 0 saturated heterocycles. The number of phenols is 1. The van der Waals surface area contributed by atoms with Crippen LogP contribution in [0.25, 0.3) is 16.5 Å². The van der Waals surface area contributed by atoms with Gasteiger partial charge in [0.1, 0.15) is 28.2 Å². The van der Waals surface area contributed by atoms with Crippen LogP contribution >= 0.6 is 0 Å². The van der Waals surface area contributed by atoms with E-state index in [1.807, 2.05) is 0 Å². The van der Waals surface area contributed by atoms with Crippen molar-refractivity contribution in [2.75, 3.05) is 13.9 Å². The average molecular weight is 300 g/mol. The first-order valence-electron chi connectivity index (χ1n) is 6.48. The zero-order valence-corrected chi connectivity index (χ0v) is 12.2. The summed E-state index contributed by atoms with van der Waals surface area (Å²) in [6.07, 6.45) is 4.79. The minimum absolute atomic E-state index is 0.0170. The van der Waals surface area contributed by atoms with Gasteiger partial charge < -0.3 is 19.0 Å². The van der Waals surface area contributed by atoms with Crippen LogP contribution in [-0.2, 0) is 4.74 Å². The topological polar surface area (TPSA) is 68.9 Å². The van der Waals surface area contributed by atoms with Crippen LogP contribution in [0, 0.1) is 0 Å². The number of rotatable bonds is 6. The van der Waals surface area contributed by atoms with Gasteiger partial charge in [-0.05, 0) is 0 Å². The van der Waals surface area contributed by atoms with Gasteiger partial charge in [-0.2, -0.15) is 0 Å². The highest BCUT2D eigenvalue weighted by molar-refractivity contribution is 5.86. The third-order valence-electron chi connectivity index (χ3n) is 2.93. The number of fused-ring (bicyclic) bond motifs is 1. The van der Waals surface area contributed by atoms with Gasteiger partial charge in [-0.3, -0.25) is 4.79 Å². The van der Waals surface area contributed by atoms with Crippen molar-refractivity contribution in [1.29, 1.82) is 0 Å². The quantitative estimate of drug-likeness (QED) is 0.655. The van der Waals surface area contributed by atoms with Gasteiger partial charge in [-0.25, -0.2) is 0 Å². The number of methoxy groups -OCH3 is 1. The van der Waals surface area contributed by atoms with Gasteiger partial charge in [0.2, 0.25) is 0 Å². The van der Waals surface area contributed by atoms with Crippen LogP contribution in [0.5, 0.6) is 11.5 Å². The fourth-order valence-corrected chi connectivity index (χ4v) is 1.97. The van der Waals surface area contributed by atoms with Crippen molar-refractivity contribution in [3.63, 3.8) is 0 Å². The molecular weight excluding hydrogens is 284 g/mol. The lowest BCUT2D eigenvalue weighted by Gasteiger charge is -2.08. The largest absolute Gasteiger partial charge is 0.507 e. The molecule has 0 radical (unpaired) electrons. The molecule has 0 amide bonds. The summed E-state index contributed by atoms with van der Waals surface area (Å²) >= 11 is 0. The second-order valence-corrected chi connectivity index (χ2v) is 4.40. The molecule has 0 fully saturated rings. The van der Waals surface area contributed by atoms with Crippen molar-refractivity contribution in [3.05, 3.63) is 65.6 Å². The summed E-state index contributed by atoms with van der Waals surface area (Å²) in [4.78, 5) is 12.2. The normalized spacial score (nSPS) is 11.4. The molecule has 0 atom stereocenters. The van der Waals surface area contributed by atoms with Crippen LogP contribution in [0.4, 0.5) is 0 Å². The minimum atomic E-state index is -0.358. The lowest BCUT2D eigenvalue weighted by molar-refractivity contribution is 0.0510. The standard InChI is InChI=1S/C17H16O5/c1-4-6-11(5-2)15-9-14(19)17-13(18)7-12(21-10-20-3)8-16(17)22-15/h4-9,18H,1-2,10H2,3H3/b11-6+. The Hall–Kier alpha value is -2.79. The van der Waals surface area contributed by atoms with Crippen molar-refractivity contribution in [1.82, 2.24) is 0 Å². The summed E-state index contributed by atoms with van der Waals surface area (Å²) in [6, 6.07) is 4.16. The molecule has 0 spiro atoms. The zero-order valence-electron chi connectivity index (χ0n) is 12.2. The molecule has 22 heavy (non-hydrogen) atoms. The van der Waals surface area contributed by atoms with E-state index in [2.05, 4.69) is 13.2 Å². The Morgan fingerprint density at radius 3 is 2.77 bits per heavy atom. The number of ether oxygens (including phenoxy) is 2. The number of benzene rings is 1. The van der Waals surface area contributed by atoms with Crippen molar-refractivity contribution >= 4 is 16.5 Å². The van der Waals surface area contributed by atoms with Crippen LogP contribution in [0.3, 0.4) is 0 Å². The fourth-order valence-electron chi connectivity index (χ4n) is 1.97. The van der Waals surface area contributed by atoms with Gasteiger partial charge in [0.05, 0.1) is 0 Å². The van der Waals surface area contributed by atoms with Crippen LogP contribution in [0.15, 0.2) is 58.8 Å². The first kappa shape index (κ1) is 15.6. The van der Waals surface area contributed by atoms with E-state index < -0.39 is 0 Å². The van der Waals surface area contributed by atoms with Crippen LogP contribution in [-0.4, -0.2) is 19.0 Å². The number of hydrogen-bond donors (Lipinski definition) is 1. The highest BCUT2D eigenvalue weighted by atomic mass is 16.7. The van der Waals surface area contributed by atoms with E-state index in [0.29, 0.717) is 17.1 Å². The van der Waals surface area contributed by atoms with Crippen LogP contribution < -0.4 is 10.2 Å². The number of allylic oxidation sites excluding steroid dienone is 4. The van der Waals surface area contributed by atoms with E-state index >= 15 is 0 Å². The zero-order chi connectivity index (χ0) is 16.1.